The summed E-state index contributed by atoms with van der Waals surface area (Å²) in [7, 11) is 1.71. The fourth-order valence-electron chi connectivity index (χ4n) is 1.54. The molecule has 0 aliphatic heterocycles. The van der Waals surface area contributed by atoms with Gasteiger partial charge < -0.3 is 15.1 Å². The first-order valence-corrected chi connectivity index (χ1v) is 6.18. The molecular weight excluding hydrogens is 242 g/mol. The smallest absolute Gasteiger partial charge is 0.253 e. The first-order chi connectivity index (χ1) is 9.04. The lowest BCUT2D eigenvalue weighted by atomic mass is 10.1. The number of carbonyl (C=O) groups is 1. The van der Waals surface area contributed by atoms with Gasteiger partial charge in [0.1, 0.15) is 6.61 Å². The quantitative estimate of drug-likeness (QED) is 0.791. The fraction of sp³-hybridized carbons (Fsp3) is 0.400. The van der Waals surface area contributed by atoms with Crippen LogP contribution in [0.5, 0.6) is 0 Å². The highest BCUT2D eigenvalue weighted by Crippen LogP contribution is 2.07. The summed E-state index contributed by atoms with van der Waals surface area (Å²) in [6.45, 7) is 2.04. The molecule has 1 aromatic rings. The summed E-state index contributed by atoms with van der Waals surface area (Å²) in [6.07, 6.45) is 0.147. The van der Waals surface area contributed by atoms with Crippen molar-refractivity contribution in [1.82, 2.24) is 4.90 Å². The molecule has 1 aromatic carbocycles. The standard InChI is InChI=1S/C15H19NO3/c1-12(18)9-10-16(2)15(19)14-7-5-13(6-8-14)4-3-11-17/h5-8,12,17-18H,9-11H2,1-2H3. The normalized spacial score (nSPS) is 11.4. The number of aliphatic hydroxyl groups excluding tert-OH is 2. The summed E-state index contributed by atoms with van der Waals surface area (Å²) >= 11 is 0. The van der Waals surface area contributed by atoms with Gasteiger partial charge in [-0.1, -0.05) is 11.8 Å². The van der Waals surface area contributed by atoms with E-state index in [4.69, 9.17) is 5.11 Å². The van der Waals surface area contributed by atoms with Crippen molar-refractivity contribution in [2.24, 2.45) is 0 Å². The van der Waals surface area contributed by atoms with E-state index in [1.807, 2.05) is 0 Å². The molecule has 0 fully saturated rings. The van der Waals surface area contributed by atoms with Gasteiger partial charge in [0.15, 0.2) is 0 Å². The molecule has 1 atom stereocenters. The molecule has 0 aromatic heterocycles. The summed E-state index contributed by atoms with van der Waals surface area (Å²) in [5.41, 5.74) is 1.35. The van der Waals surface area contributed by atoms with Gasteiger partial charge in [-0.15, -0.1) is 0 Å². The van der Waals surface area contributed by atoms with E-state index >= 15 is 0 Å². The van der Waals surface area contributed by atoms with E-state index in [1.165, 1.54) is 0 Å². The number of nitrogens with zero attached hydrogens (tertiary/aromatic N) is 1. The summed E-state index contributed by atoms with van der Waals surface area (Å²) in [4.78, 5) is 13.6. The lowest BCUT2D eigenvalue weighted by molar-refractivity contribution is 0.0769. The van der Waals surface area contributed by atoms with Gasteiger partial charge in [0, 0.05) is 24.7 Å². The van der Waals surface area contributed by atoms with Crippen molar-refractivity contribution in [3.8, 4) is 11.8 Å². The average Bonchev–Trinajstić information content (AvgIpc) is 2.42. The summed E-state index contributed by atoms with van der Waals surface area (Å²) in [6, 6.07) is 6.92. The Labute approximate surface area is 113 Å². The molecule has 1 rings (SSSR count). The van der Waals surface area contributed by atoms with Crippen molar-refractivity contribution in [1.29, 1.82) is 0 Å². The van der Waals surface area contributed by atoms with Gasteiger partial charge in [-0.2, -0.15) is 0 Å². The number of rotatable bonds is 4. The van der Waals surface area contributed by atoms with Crippen molar-refractivity contribution in [2.75, 3.05) is 20.2 Å². The minimum atomic E-state index is -0.411. The van der Waals surface area contributed by atoms with Crippen molar-refractivity contribution >= 4 is 5.91 Å². The van der Waals surface area contributed by atoms with Crippen molar-refractivity contribution in [2.45, 2.75) is 19.4 Å². The van der Waals surface area contributed by atoms with Gasteiger partial charge in [0.25, 0.3) is 5.91 Å². The molecule has 0 heterocycles. The maximum Gasteiger partial charge on any atom is 0.253 e. The van der Waals surface area contributed by atoms with E-state index < -0.39 is 6.10 Å². The Morgan fingerprint density at radius 3 is 2.53 bits per heavy atom. The number of amides is 1. The third-order valence-corrected chi connectivity index (χ3v) is 2.67. The molecule has 0 aliphatic rings. The molecule has 19 heavy (non-hydrogen) atoms. The van der Waals surface area contributed by atoms with Crippen LogP contribution in [0.15, 0.2) is 24.3 Å². The summed E-state index contributed by atoms with van der Waals surface area (Å²) < 4.78 is 0. The van der Waals surface area contributed by atoms with Gasteiger partial charge in [0.05, 0.1) is 6.10 Å². The molecule has 0 aliphatic carbocycles. The third-order valence-electron chi connectivity index (χ3n) is 2.67. The second-order valence-corrected chi connectivity index (χ2v) is 4.40. The number of aliphatic hydroxyl groups is 2. The molecule has 0 saturated carbocycles. The van der Waals surface area contributed by atoms with E-state index in [-0.39, 0.29) is 12.5 Å². The Balaban J connectivity index is 2.67. The monoisotopic (exact) mass is 261 g/mol. The molecule has 1 unspecified atom stereocenters. The topological polar surface area (TPSA) is 60.8 Å². The number of carbonyl (C=O) groups excluding carboxylic acids is 1. The van der Waals surface area contributed by atoms with Crippen LogP contribution in [0.1, 0.15) is 29.3 Å². The zero-order valence-corrected chi connectivity index (χ0v) is 11.3. The van der Waals surface area contributed by atoms with Crippen LogP contribution in [0.3, 0.4) is 0 Å². The largest absolute Gasteiger partial charge is 0.393 e. The SMILES string of the molecule is CC(O)CCN(C)C(=O)c1ccc(C#CCO)cc1. The molecule has 0 spiro atoms. The maximum atomic E-state index is 12.1. The molecule has 0 radical (unpaired) electrons. The number of hydrogen-bond donors (Lipinski definition) is 2. The average molecular weight is 261 g/mol. The molecule has 0 saturated heterocycles. The van der Waals surface area contributed by atoms with Gasteiger partial charge in [0.2, 0.25) is 0 Å². The molecule has 4 heteroatoms. The Morgan fingerprint density at radius 1 is 1.37 bits per heavy atom. The van der Waals surface area contributed by atoms with E-state index in [2.05, 4.69) is 11.8 Å². The van der Waals surface area contributed by atoms with E-state index in [1.54, 1.807) is 43.1 Å². The van der Waals surface area contributed by atoms with Crippen LogP contribution >= 0.6 is 0 Å². The lowest BCUT2D eigenvalue weighted by Crippen LogP contribution is -2.29. The zero-order chi connectivity index (χ0) is 14.3. The predicted octanol–water partition coefficient (Wildman–Crippen LogP) is 0.873. The molecule has 1 amide bonds. The number of hydrogen-bond acceptors (Lipinski definition) is 3. The minimum absolute atomic E-state index is 0.0812. The molecular formula is C15H19NO3. The highest BCUT2D eigenvalue weighted by molar-refractivity contribution is 5.94. The Kier molecular flexibility index (Phi) is 6.07. The highest BCUT2D eigenvalue weighted by Gasteiger charge is 2.11. The zero-order valence-electron chi connectivity index (χ0n) is 11.3. The Hall–Kier alpha value is -1.83. The maximum absolute atomic E-state index is 12.1. The number of benzene rings is 1. The van der Waals surface area contributed by atoms with Gasteiger partial charge >= 0.3 is 0 Å². The molecule has 4 nitrogen and oxygen atoms in total. The Bertz CT molecular complexity index is 468. The van der Waals surface area contributed by atoms with Crippen LogP contribution in [0.2, 0.25) is 0 Å². The van der Waals surface area contributed by atoms with Crippen LogP contribution in [-0.2, 0) is 0 Å². The van der Waals surface area contributed by atoms with Crippen LogP contribution < -0.4 is 0 Å². The first-order valence-electron chi connectivity index (χ1n) is 6.18. The first kappa shape index (κ1) is 15.2. The van der Waals surface area contributed by atoms with Crippen LogP contribution in [0.25, 0.3) is 0 Å². The summed E-state index contributed by atoms with van der Waals surface area (Å²) in [5, 5.41) is 17.8. The van der Waals surface area contributed by atoms with E-state index in [9.17, 15) is 9.90 Å². The van der Waals surface area contributed by atoms with E-state index in [0.717, 1.165) is 5.56 Å². The summed E-state index contributed by atoms with van der Waals surface area (Å²) in [5.74, 6) is 5.24. The molecule has 102 valence electrons. The molecule has 0 bridgehead atoms. The minimum Gasteiger partial charge on any atom is -0.393 e. The Morgan fingerprint density at radius 2 is 2.00 bits per heavy atom. The fourth-order valence-corrected chi connectivity index (χ4v) is 1.54. The second-order valence-electron chi connectivity index (χ2n) is 4.40. The third kappa shape index (κ3) is 5.12. The van der Waals surface area contributed by atoms with Crippen molar-refractivity contribution in [3.63, 3.8) is 0 Å². The predicted molar refractivity (Wildman–Crippen MR) is 73.7 cm³/mol. The lowest BCUT2D eigenvalue weighted by Gasteiger charge is -2.18. The van der Waals surface area contributed by atoms with Crippen molar-refractivity contribution in [3.05, 3.63) is 35.4 Å². The van der Waals surface area contributed by atoms with Crippen LogP contribution in [-0.4, -0.2) is 47.3 Å². The van der Waals surface area contributed by atoms with Crippen molar-refractivity contribution < 1.29 is 15.0 Å². The van der Waals surface area contributed by atoms with Gasteiger partial charge in [-0.3, -0.25) is 4.79 Å². The van der Waals surface area contributed by atoms with Crippen LogP contribution in [0.4, 0.5) is 0 Å². The molecule has 2 N–H and O–H groups in total. The second kappa shape index (κ2) is 7.57. The van der Waals surface area contributed by atoms with Crippen LogP contribution in [0, 0.1) is 11.8 Å². The van der Waals surface area contributed by atoms with Gasteiger partial charge in [-0.25, -0.2) is 0 Å². The highest BCUT2D eigenvalue weighted by atomic mass is 16.3. The van der Waals surface area contributed by atoms with E-state index in [0.29, 0.717) is 18.5 Å². The van der Waals surface area contributed by atoms with Gasteiger partial charge in [-0.05, 0) is 37.6 Å².